The van der Waals surface area contributed by atoms with Gasteiger partial charge in [-0.2, -0.15) is 0 Å². The Morgan fingerprint density at radius 2 is 1.90 bits per heavy atom. The van der Waals surface area contributed by atoms with Gasteiger partial charge in [0, 0.05) is 17.1 Å². The standard InChI is InChI=1S/C16H17NO3/c18-15(16(19)20)13-9-17-14-7-6-11(8-12(13)14)10-4-2-1-3-5-10/h6-10,17H,1-5H2,(H,19,20). The van der Waals surface area contributed by atoms with Crippen molar-refractivity contribution >= 4 is 22.7 Å². The number of benzene rings is 1. The molecule has 1 aromatic carbocycles. The van der Waals surface area contributed by atoms with E-state index >= 15 is 0 Å². The molecule has 1 fully saturated rings. The quantitative estimate of drug-likeness (QED) is 0.663. The number of hydrogen-bond donors (Lipinski definition) is 2. The second-order valence-corrected chi connectivity index (χ2v) is 5.48. The van der Waals surface area contributed by atoms with Crippen molar-refractivity contribution in [3.63, 3.8) is 0 Å². The first-order chi connectivity index (χ1) is 9.66. The molecule has 3 rings (SSSR count). The largest absolute Gasteiger partial charge is 0.475 e. The molecule has 4 nitrogen and oxygen atoms in total. The van der Waals surface area contributed by atoms with Gasteiger partial charge in [-0.3, -0.25) is 4.79 Å². The monoisotopic (exact) mass is 271 g/mol. The van der Waals surface area contributed by atoms with Gasteiger partial charge in [0.25, 0.3) is 5.78 Å². The fourth-order valence-electron chi connectivity index (χ4n) is 3.13. The van der Waals surface area contributed by atoms with Gasteiger partial charge >= 0.3 is 5.97 Å². The first kappa shape index (κ1) is 12.9. The smallest absolute Gasteiger partial charge is 0.377 e. The number of carboxylic acids is 1. The summed E-state index contributed by atoms with van der Waals surface area (Å²) in [6, 6.07) is 6.01. The van der Waals surface area contributed by atoms with Gasteiger partial charge in [0.15, 0.2) is 0 Å². The Morgan fingerprint density at radius 3 is 2.60 bits per heavy atom. The second-order valence-electron chi connectivity index (χ2n) is 5.48. The molecular formula is C16H17NO3. The summed E-state index contributed by atoms with van der Waals surface area (Å²) in [5.41, 5.74) is 2.29. The van der Waals surface area contributed by atoms with Crippen LogP contribution >= 0.6 is 0 Å². The third-order valence-corrected chi connectivity index (χ3v) is 4.22. The minimum absolute atomic E-state index is 0.255. The predicted octanol–water partition coefficient (Wildman–Crippen LogP) is 3.48. The number of rotatable bonds is 3. The highest BCUT2D eigenvalue weighted by Gasteiger charge is 2.21. The summed E-state index contributed by atoms with van der Waals surface area (Å²) in [4.78, 5) is 25.5. The van der Waals surface area contributed by atoms with Crippen molar-refractivity contribution in [1.29, 1.82) is 0 Å². The lowest BCUT2D eigenvalue weighted by atomic mass is 9.83. The minimum atomic E-state index is -1.41. The zero-order chi connectivity index (χ0) is 14.1. The number of aromatic nitrogens is 1. The molecule has 0 bridgehead atoms. The van der Waals surface area contributed by atoms with E-state index in [0.717, 1.165) is 10.9 Å². The van der Waals surface area contributed by atoms with E-state index in [1.807, 2.05) is 12.1 Å². The Bertz CT molecular complexity index is 665. The Hall–Kier alpha value is -2.10. The molecule has 0 aliphatic heterocycles. The average molecular weight is 271 g/mol. The van der Waals surface area contributed by atoms with Gasteiger partial charge in [0.05, 0.1) is 5.56 Å². The van der Waals surface area contributed by atoms with Gasteiger partial charge in [-0.25, -0.2) is 4.79 Å². The Balaban J connectivity index is 2.02. The van der Waals surface area contributed by atoms with E-state index in [1.54, 1.807) is 0 Å². The third-order valence-electron chi connectivity index (χ3n) is 4.22. The summed E-state index contributed by atoms with van der Waals surface area (Å²) >= 11 is 0. The van der Waals surface area contributed by atoms with Crippen LogP contribution in [0.25, 0.3) is 10.9 Å². The van der Waals surface area contributed by atoms with Crippen molar-refractivity contribution in [1.82, 2.24) is 4.98 Å². The number of nitrogens with one attached hydrogen (secondary N) is 1. The number of carbonyl (C=O) groups is 2. The molecule has 2 aromatic rings. The molecule has 0 spiro atoms. The highest BCUT2D eigenvalue weighted by molar-refractivity contribution is 6.42. The summed E-state index contributed by atoms with van der Waals surface area (Å²) in [5, 5.41) is 9.59. The van der Waals surface area contributed by atoms with Crippen LogP contribution < -0.4 is 0 Å². The molecule has 1 aliphatic carbocycles. The van der Waals surface area contributed by atoms with Crippen LogP contribution in [0.5, 0.6) is 0 Å². The van der Waals surface area contributed by atoms with Gasteiger partial charge in [-0.1, -0.05) is 25.3 Å². The number of fused-ring (bicyclic) bond motifs is 1. The third kappa shape index (κ3) is 2.22. The first-order valence-electron chi connectivity index (χ1n) is 7.05. The van der Waals surface area contributed by atoms with Crippen LogP contribution in [0.3, 0.4) is 0 Å². The number of Topliss-reactive ketones (excluding diaryl/α,β-unsaturated/α-hetero) is 1. The molecule has 0 saturated heterocycles. The van der Waals surface area contributed by atoms with E-state index in [1.165, 1.54) is 43.9 Å². The van der Waals surface area contributed by atoms with Crippen LogP contribution in [0, 0.1) is 0 Å². The molecule has 1 aromatic heterocycles. The Labute approximate surface area is 116 Å². The molecule has 20 heavy (non-hydrogen) atoms. The van der Waals surface area contributed by atoms with Crippen molar-refractivity contribution in [3.05, 3.63) is 35.5 Å². The van der Waals surface area contributed by atoms with Gasteiger partial charge in [0.1, 0.15) is 0 Å². The number of hydrogen-bond acceptors (Lipinski definition) is 2. The molecule has 0 unspecified atom stereocenters. The van der Waals surface area contributed by atoms with E-state index in [9.17, 15) is 9.59 Å². The van der Waals surface area contributed by atoms with Crippen molar-refractivity contribution in [2.75, 3.05) is 0 Å². The fourth-order valence-corrected chi connectivity index (χ4v) is 3.13. The summed E-state index contributed by atoms with van der Waals surface area (Å²) in [7, 11) is 0. The van der Waals surface area contributed by atoms with Gasteiger partial charge < -0.3 is 10.1 Å². The van der Waals surface area contributed by atoms with E-state index in [2.05, 4.69) is 11.1 Å². The molecule has 1 aliphatic rings. The summed E-state index contributed by atoms with van der Waals surface area (Å²) < 4.78 is 0. The van der Waals surface area contributed by atoms with E-state index in [4.69, 9.17) is 5.11 Å². The van der Waals surface area contributed by atoms with Crippen molar-refractivity contribution in [3.8, 4) is 0 Å². The molecule has 0 amide bonds. The van der Waals surface area contributed by atoms with Crippen molar-refractivity contribution in [2.24, 2.45) is 0 Å². The van der Waals surface area contributed by atoms with Gasteiger partial charge in [0.2, 0.25) is 0 Å². The first-order valence-corrected chi connectivity index (χ1v) is 7.05. The topological polar surface area (TPSA) is 70.2 Å². The van der Waals surface area contributed by atoms with Crippen molar-refractivity contribution < 1.29 is 14.7 Å². The Kier molecular flexibility index (Phi) is 3.30. The highest BCUT2D eigenvalue weighted by atomic mass is 16.4. The lowest BCUT2D eigenvalue weighted by molar-refractivity contribution is -0.131. The van der Waals surface area contributed by atoms with Gasteiger partial charge in [-0.15, -0.1) is 0 Å². The zero-order valence-electron chi connectivity index (χ0n) is 11.2. The maximum atomic E-state index is 11.7. The molecule has 1 saturated carbocycles. The molecule has 104 valence electrons. The number of carbonyl (C=O) groups excluding carboxylic acids is 1. The van der Waals surface area contributed by atoms with Crippen LogP contribution in [-0.2, 0) is 4.79 Å². The summed E-state index contributed by atoms with van der Waals surface area (Å²) in [5.74, 6) is -1.72. The van der Waals surface area contributed by atoms with Gasteiger partial charge in [-0.05, 0) is 36.5 Å². The second kappa shape index (κ2) is 5.12. The number of aromatic amines is 1. The molecule has 0 atom stereocenters. The molecule has 1 heterocycles. The normalized spacial score (nSPS) is 16.4. The lowest BCUT2D eigenvalue weighted by Gasteiger charge is -2.22. The predicted molar refractivity (Wildman–Crippen MR) is 76.1 cm³/mol. The maximum Gasteiger partial charge on any atom is 0.377 e. The SMILES string of the molecule is O=C(O)C(=O)c1c[nH]c2ccc(C3CCCCC3)cc12. The number of H-pyrrole nitrogens is 1. The highest BCUT2D eigenvalue weighted by Crippen LogP contribution is 2.34. The minimum Gasteiger partial charge on any atom is -0.475 e. The zero-order valence-corrected chi connectivity index (χ0v) is 11.2. The van der Waals surface area contributed by atoms with E-state index < -0.39 is 11.8 Å². The average Bonchev–Trinajstić information content (AvgIpc) is 2.90. The molecule has 2 N–H and O–H groups in total. The molecule has 4 heteroatoms. The maximum absolute atomic E-state index is 11.7. The van der Waals surface area contributed by atoms with Crippen LogP contribution in [0.1, 0.15) is 53.9 Å². The van der Waals surface area contributed by atoms with E-state index in [-0.39, 0.29) is 5.56 Å². The lowest BCUT2D eigenvalue weighted by Crippen LogP contribution is -2.12. The number of carboxylic acid groups (broad SMARTS) is 1. The summed E-state index contributed by atoms with van der Waals surface area (Å²) in [6.45, 7) is 0. The molecular weight excluding hydrogens is 254 g/mol. The number of aliphatic carboxylic acids is 1. The summed E-state index contributed by atoms with van der Waals surface area (Å²) in [6.07, 6.45) is 7.64. The van der Waals surface area contributed by atoms with Crippen molar-refractivity contribution in [2.45, 2.75) is 38.0 Å². The van der Waals surface area contributed by atoms with Crippen LogP contribution in [-0.4, -0.2) is 21.8 Å². The number of ketones is 1. The molecule has 0 radical (unpaired) electrons. The van der Waals surface area contributed by atoms with Crippen LogP contribution in [0.4, 0.5) is 0 Å². The fraction of sp³-hybridized carbons (Fsp3) is 0.375. The van der Waals surface area contributed by atoms with E-state index in [0.29, 0.717) is 5.92 Å². The van der Waals surface area contributed by atoms with Crippen LogP contribution in [0.15, 0.2) is 24.4 Å². The Morgan fingerprint density at radius 1 is 1.15 bits per heavy atom. The van der Waals surface area contributed by atoms with Crippen LogP contribution in [0.2, 0.25) is 0 Å².